The van der Waals surface area contributed by atoms with Crippen molar-refractivity contribution in [1.29, 1.82) is 5.26 Å². The van der Waals surface area contributed by atoms with Crippen molar-refractivity contribution < 1.29 is 9.47 Å². The third-order valence-electron chi connectivity index (χ3n) is 4.36. The van der Waals surface area contributed by atoms with E-state index in [4.69, 9.17) is 15.2 Å². The highest BCUT2D eigenvalue weighted by molar-refractivity contribution is 5.55. The second-order valence-corrected chi connectivity index (χ2v) is 6.12. The van der Waals surface area contributed by atoms with E-state index in [0.29, 0.717) is 18.1 Å². The predicted octanol–water partition coefficient (Wildman–Crippen LogP) is 3.51. The molecule has 1 aromatic carbocycles. The summed E-state index contributed by atoms with van der Waals surface area (Å²) in [6.07, 6.45) is 3.38. The van der Waals surface area contributed by atoms with Crippen LogP contribution < -0.4 is 15.2 Å². The molecule has 25 heavy (non-hydrogen) atoms. The SMILES string of the molecule is CCCCCOc1ccc([C@H]2C(C#N)=C(N)Oc3n[nH]c(C)c32)cc1. The molecule has 1 atom stereocenters. The van der Waals surface area contributed by atoms with Gasteiger partial charge in [-0.05, 0) is 31.0 Å². The van der Waals surface area contributed by atoms with Gasteiger partial charge in [-0.3, -0.25) is 5.10 Å². The summed E-state index contributed by atoms with van der Waals surface area (Å²) in [5.41, 5.74) is 8.98. The van der Waals surface area contributed by atoms with E-state index in [1.807, 2.05) is 31.2 Å². The first-order valence-electron chi connectivity index (χ1n) is 8.51. The van der Waals surface area contributed by atoms with Gasteiger partial charge in [-0.15, -0.1) is 5.10 Å². The number of ether oxygens (including phenoxy) is 2. The molecule has 3 N–H and O–H groups in total. The number of hydrogen-bond donors (Lipinski definition) is 2. The highest BCUT2D eigenvalue weighted by Gasteiger charge is 2.34. The fraction of sp³-hybridized carbons (Fsp3) is 0.368. The first kappa shape index (κ1) is 16.9. The molecule has 130 valence electrons. The van der Waals surface area contributed by atoms with Crippen LogP contribution in [0.15, 0.2) is 35.7 Å². The Morgan fingerprint density at radius 3 is 2.76 bits per heavy atom. The summed E-state index contributed by atoms with van der Waals surface area (Å²) in [5.74, 6) is 1.07. The largest absolute Gasteiger partial charge is 0.494 e. The molecule has 0 aliphatic carbocycles. The molecule has 1 aliphatic heterocycles. The summed E-state index contributed by atoms with van der Waals surface area (Å²) in [6.45, 7) is 4.79. The summed E-state index contributed by atoms with van der Waals surface area (Å²) in [6, 6.07) is 9.96. The van der Waals surface area contributed by atoms with Crippen molar-refractivity contribution >= 4 is 0 Å². The van der Waals surface area contributed by atoms with E-state index in [2.05, 4.69) is 23.2 Å². The third kappa shape index (κ3) is 3.31. The summed E-state index contributed by atoms with van der Waals surface area (Å²) in [4.78, 5) is 0. The molecule has 0 bridgehead atoms. The van der Waals surface area contributed by atoms with Crippen molar-refractivity contribution in [2.45, 2.75) is 39.0 Å². The van der Waals surface area contributed by atoms with Gasteiger partial charge in [-0.2, -0.15) is 5.26 Å². The molecule has 0 amide bonds. The standard InChI is InChI=1S/C19H22N4O2/c1-3-4-5-10-24-14-8-6-13(7-9-14)17-15(11-20)18(21)25-19-16(17)12(2)22-23-19/h6-9,17H,3-5,10,21H2,1-2H3,(H,22,23)/t17-/m0/s1. The highest BCUT2D eigenvalue weighted by atomic mass is 16.5. The second-order valence-electron chi connectivity index (χ2n) is 6.12. The van der Waals surface area contributed by atoms with Gasteiger partial charge in [0.15, 0.2) is 0 Å². The lowest BCUT2D eigenvalue weighted by Gasteiger charge is -2.23. The predicted molar refractivity (Wildman–Crippen MR) is 94.1 cm³/mol. The Hall–Kier alpha value is -2.94. The van der Waals surface area contributed by atoms with Crippen LogP contribution in [0.3, 0.4) is 0 Å². The summed E-state index contributed by atoms with van der Waals surface area (Å²) in [5, 5.41) is 16.6. The molecule has 0 fully saturated rings. The van der Waals surface area contributed by atoms with E-state index in [1.54, 1.807) is 0 Å². The number of nitrogens with one attached hydrogen (secondary N) is 1. The van der Waals surface area contributed by atoms with E-state index in [-0.39, 0.29) is 11.8 Å². The number of aryl methyl sites for hydroxylation is 1. The van der Waals surface area contributed by atoms with Crippen LogP contribution in [0.25, 0.3) is 0 Å². The van der Waals surface area contributed by atoms with E-state index < -0.39 is 0 Å². The zero-order valence-corrected chi connectivity index (χ0v) is 14.5. The molecule has 0 unspecified atom stereocenters. The van der Waals surface area contributed by atoms with Gasteiger partial charge in [0.05, 0.1) is 12.5 Å². The van der Waals surface area contributed by atoms with Crippen LogP contribution in [-0.2, 0) is 0 Å². The van der Waals surface area contributed by atoms with Crippen LogP contribution in [0.2, 0.25) is 0 Å². The van der Waals surface area contributed by atoms with Gasteiger partial charge < -0.3 is 15.2 Å². The van der Waals surface area contributed by atoms with Crippen molar-refractivity contribution in [3.8, 4) is 17.7 Å². The number of benzene rings is 1. The Balaban J connectivity index is 1.87. The minimum atomic E-state index is -0.290. The highest BCUT2D eigenvalue weighted by Crippen LogP contribution is 2.42. The van der Waals surface area contributed by atoms with Crippen LogP contribution in [0.5, 0.6) is 11.6 Å². The molecule has 1 aromatic heterocycles. The molecule has 0 spiro atoms. The number of nitrogens with two attached hydrogens (primary N) is 1. The Morgan fingerprint density at radius 2 is 2.08 bits per heavy atom. The summed E-state index contributed by atoms with van der Waals surface area (Å²) < 4.78 is 11.2. The molecule has 6 heteroatoms. The number of allylic oxidation sites excluding steroid dienone is 1. The maximum atomic E-state index is 9.55. The van der Waals surface area contributed by atoms with Gasteiger partial charge in [-0.1, -0.05) is 31.9 Å². The summed E-state index contributed by atoms with van der Waals surface area (Å²) >= 11 is 0. The zero-order valence-electron chi connectivity index (χ0n) is 14.5. The molecule has 2 aromatic rings. The van der Waals surface area contributed by atoms with Gasteiger partial charge in [0.2, 0.25) is 11.8 Å². The molecule has 0 saturated carbocycles. The fourth-order valence-electron chi connectivity index (χ4n) is 3.03. The van der Waals surface area contributed by atoms with Crippen LogP contribution in [0.4, 0.5) is 0 Å². The number of fused-ring (bicyclic) bond motifs is 1. The van der Waals surface area contributed by atoms with Crippen molar-refractivity contribution in [3.63, 3.8) is 0 Å². The van der Waals surface area contributed by atoms with Gasteiger partial charge in [0.1, 0.15) is 17.4 Å². The molecule has 0 saturated heterocycles. The monoisotopic (exact) mass is 338 g/mol. The second kappa shape index (κ2) is 7.31. The normalized spacial score (nSPS) is 16.1. The van der Waals surface area contributed by atoms with Crippen LogP contribution in [0.1, 0.15) is 48.9 Å². The van der Waals surface area contributed by atoms with Crippen LogP contribution in [-0.4, -0.2) is 16.8 Å². The van der Waals surface area contributed by atoms with Gasteiger partial charge >= 0.3 is 0 Å². The summed E-state index contributed by atoms with van der Waals surface area (Å²) in [7, 11) is 0. The van der Waals surface area contributed by atoms with Crippen molar-refractivity contribution in [2.75, 3.05) is 6.61 Å². The van der Waals surface area contributed by atoms with Gasteiger partial charge in [0, 0.05) is 11.3 Å². The smallest absolute Gasteiger partial charge is 0.244 e. The number of rotatable bonds is 6. The lowest BCUT2D eigenvalue weighted by atomic mass is 9.84. The number of unbranched alkanes of at least 4 members (excludes halogenated alkanes) is 2. The number of aromatic nitrogens is 2. The number of hydrogen-bond acceptors (Lipinski definition) is 5. The molecule has 0 radical (unpaired) electrons. The third-order valence-corrected chi connectivity index (χ3v) is 4.36. The van der Waals surface area contributed by atoms with Gasteiger partial charge in [0.25, 0.3) is 0 Å². The van der Waals surface area contributed by atoms with Crippen molar-refractivity contribution in [3.05, 3.63) is 52.5 Å². The average Bonchev–Trinajstić information content (AvgIpc) is 2.98. The Labute approximate surface area is 147 Å². The molecular weight excluding hydrogens is 316 g/mol. The Morgan fingerprint density at radius 1 is 1.32 bits per heavy atom. The minimum absolute atomic E-state index is 0.103. The lowest BCUT2D eigenvalue weighted by Crippen LogP contribution is -2.21. The van der Waals surface area contributed by atoms with Crippen molar-refractivity contribution in [2.24, 2.45) is 5.73 Å². The van der Waals surface area contributed by atoms with E-state index >= 15 is 0 Å². The topological polar surface area (TPSA) is 96.9 Å². The molecular formula is C19H22N4O2. The van der Waals surface area contributed by atoms with E-state index in [9.17, 15) is 5.26 Å². The zero-order chi connectivity index (χ0) is 17.8. The maximum absolute atomic E-state index is 9.55. The van der Waals surface area contributed by atoms with Crippen molar-refractivity contribution in [1.82, 2.24) is 10.2 Å². The Bertz CT molecular complexity index is 815. The quantitative estimate of drug-likeness (QED) is 0.786. The first-order valence-corrected chi connectivity index (χ1v) is 8.51. The van der Waals surface area contributed by atoms with E-state index in [1.165, 1.54) is 6.42 Å². The molecule has 3 rings (SSSR count). The number of nitrogens with zero attached hydrogens (tertiary/aromatic N) is 2. The average molecular weight is 338 g/mol. The lowest BCUT2D eigenvalue weighted by molar-refractivity contribution is 0.306. The van der Waals surface area contributed by atoms with Crippen LogP contribution >= 0.6 is 0 Å². The molecule has 2 heterocycles. The minimum Gasteiger partial charge on any atom is -0.494 e. The molecule has 6 nitrogen and oxygen atoms in total. The first-order chi connectivity index (χ1) is 12.2. The number of H-pyrrole nitrogens is 1. The van der Waals surface area contributed by atoms with Gasteiger partial charge in [-0.25, -0.2) is 0 Å². The van der Waals surface area contributed by atoms with E-state index in [0.717, 1.165) is 35.4 Å². The Kier molecular flexibility index (Phi) is 4.94. The fourth-order valence-corrected chi connectivity index (χ4v) is 3.03. The van der Waals surface area contributed by atoms with Crippen LogP contribution in [0, 0.1) is 18.3 Å². The maximum Gasteiger partial charge on any atom is 0.244 e. The number of aromatic amines is 1. The molecule has 1 aliphatic rings. The number of nitriles is 1.